The van der Waals surface area contributed by atoms with E-state index in [2.05, 4.69) is 30.3 Å². The molecule has 5 nitrogen and oxygen atoms in total. The van der Waals surface area contributed by atoms with Crippen LogP contribution >= 0.6 is 0 Å². The van der Waals surface area contributed by atoms with Gasteiger partial charge in [0.15, 0.2) is 0 Å². The number of aromatic nitrogens is 2. The average molecular weight is 335 g/mol. The molecule has 2 aromatic heterocycles. The molecule has 1 unspecified atom stereocenters. The highest BCUT2D eigenvalue weighted by molar-refractivity contribution is 5.94. The molecule has 0 saturated heterocycles. The lowest BCUT2D eigenvalue weighted by Crippen LogP contribution is -2.25. The molecule has 0 saturated carbocycles. The van der Waals surface area contributed by atoms with Crippen LogP contribution in [0.4, 0.5) is 5.82 Å². The van der Waals surface area contributed by atoms with E-state index in [4.69, 9.17) is 4.42 Å². The van der Waals surface area contributed by atoms with E-state index in [1.165, 1.54) is 0 Å². The molecular weight excluding hydrogens is 314 g/mol. The summed E-state index contributed by atoms with van der Waals surface area (Å²) in [6.45, 7) is 5.06. The highest BCUT2D eigenvalue weighted by atomic mass is 16.3. The second kappa shape index (κ2) is 6.24. The van der Waals surface area contributed by atoms with E-state index in [1.54, 1.807) is 6.26 Å². The predicted molar refractivity (Wildman–Crippen MR) is 96.3 cm³/mol. The van der Waals surface area contributed by atoms with Crippen molar-refractivity contribution in [3.63, 3.8) is 0 Å². The van der Waals surface area contributed by atoms with Crippen molar-refractivity contribution >= 4 is 11.7 Å². The predicted octanol–water partition coefficient (Wildman–Crippen LogP) is 4.27. The van der Waals surface area contributed by atoms with E-state index in [0.29, 0.717) is 12.3 Å². The van der Waals surface area contributed by atoms with Gasteiger partial charge in [0, 0.05) is 30.0 Å². The Morgan fingerprint density at radius 3 is 2.84 bits per heavy atom. The number of nitrogens with zero attached hydrogens (tertiary/aromatic N) is 2. The molecule has 0 radical (unpaired) electrons. The molecule has 0 fully saturated rings. The summed E-state index contributed by atoms with van der Waals surface area (Å²) in [6, 6.07) is 11.9. The molecule has 0 bridgehead atoms. The lowest BCUT2D eigenvalue weighted by molar-refractivity contribution is -0.116. The Balaban J connectivity index is 1.81. The summed E-state index contributed by atoms with van der Waals surface area (Å²) in [6.07, 6.45) is 3.98. The van der Waals surface area contributed by atoms with Crippen molar-refractivity contribution in [2.75, 3.05) is 5.32 Å². The zero-order valence-electron chi connectivity index (χ0n) is 14.4. The molecule has 0 spiro atoms. The largest absolute Gasteiger partial charge is 0.464 e. The normalized spacial score (nSPS) is 16.8. The van der Waals surface area contributed by atoms with Crippen molar-refractivity contribution in [3.8, 4) is 11.3 Å². The summed E-state index contributed by atoms with van der Waals surface area (Å²) < 4.78 is 7.50. The molecular formula is C20H21N3O2. The molecule has 3 heterocycles. The molecule has 128 valence electrons. The van der Waals surface area contributed by atoms with Crippen molar-refractivity contribution in [1.29, 1.82) is 0 Å². The van der Waals surface area contributed by atoms with Crippen LogP contribution < -0.4 is 5.32 Å². The Morgan fingerprint density at radius 1 is 1.24 bits per heavy atom. The number of hydrogen-bond acceptors (Lipinski definition) is 3. The summed E-state index contributed by atoms with van der Waals surface area (Å²) in [4.78, 5) is 12.4. The fourth-order valence-electron chi connectivity index (χ4n) is 3.49. The number of carbonyl (C=O) groups is 1. The van der Waals surface area contributed by atoms with Gasteiger partial charge in [0.05, 0.1) is 12.5 Å². The Morgan fingerprint density at radius 2 is 2.08 bits per heavy atom. The fourth-order valence-corrected chi connectivity index (χ4v) is 3.49. The number of carbonyl (C=O) groups excluding carboxylic acids is 1. The van der Waals surface area contributed by atoms with Gasteiger partial charge in [-0.05, 0) is 23.6 Å². The maximum atomic E-state index is 12.4. The average Bonchev–Trinajstić information content (AvgIpc) is 3.24. The first kappa shape index (κ1) is 15.7. The maximum Gasteiger partial charge on any atom is 0.226 e. The van der Waals surface area contributed by atoms with Crippen LogP contribution in [0.15, 0.2) is 53.3 Å². The van der Waals surface area contributed by atoms with E-state index in [0.717, 1.165) is 34.8 Å². The van der Waals surface area contributed by atoms with Gasteiger partial charge in [0.1, 0.15) is 11.6 Å². The Bertz CT molecular complexity index is 894. The third-order valence-corrected chi connectivity index (χ3v) is 4.55. The van der Waals surface area contributed by atoms with Gasteiger partial charge in [0.25, 0.3) is 0 Å². The Hall–Kier alpha value is -2.82. The minimum absolute atomic E-state index is 0.0223. The van der Waals surface area contributed by atoms with E-state index in [-0.39, 0.29) is 11.8 Å². The van der Waals surface area contributed by atoms with Crippen molar-refractivity contribution in [2.45, 2.75) is 32.7 Å². The first-order chi connectivity index (χ1) is 12.1. The van der Waals surface area contributed by atoms with Crippen molar-refractivity contribution in [3.05, 3.63) is 60.0 Å². The highest BCUT2D eigenvalue weighted by Gasteiger charge is 2.31. The van der Waals surface area contributed by atoms with Crippen LogP contribution in [-0.4, -0.2) is 15.7 Å². The lowest BCUT2D eigenvalue weighted by Gasteiger charge is -2.25. The molecule has 1 aliphatic heterocycles. The standard InChI is InChI=1S/C20H21N3O2/c1-13(2)12-23-20-17(11-21-23)16(10-19(24)22-20)14-6-3-4-7-15(14)18-8-5-9-25-18/h3-9,11,13,16H,10,12H2,1-2H3,(H,22,24). The number of furan rings is 1. The van der Waals surface area contributed by atoms with E-state index in [9.17, 15) is 4.79 Å². The number of hydrogen-bond donors (Lipinski definition) is 1. The van der Waals surface area contributed by atoms with Crippen molar-refractivity contribution < 1.29 is 9.21 Å². The lowest BCUT2D eigenvalue weighted by atomic mass is 9.84. The van der Waals surface area contributed by atoms with Crippen LogP contribution in [0.3, 0.4) is 0 Å². The molecule has 1 amide bonds. The van der Waals surface area contributed by atoms with Crippen LogP contribution in [0.25, 0.3) is 11.3 Å². The number of anilines is 1. The summed E-state index contributed by atoms with van der Waals surface area (Å²) >= 11 is 0. The fraction of sp³-hybridized carbons (Fsp3) is 0.300. The number of fused-ring (bicyclic) bond motifs is 1. The Kier molecular flexibility index (Phi) is 3.92. The first-order valence-corrected chi connectivity index (χ1v) is 8.62. The molecule has 0 aliphatic carbocycles. The second-order valence-corrected chi connectivity index (χ2v) is 6.89. The molecule has 3 aromatic rings. The van der Waals surface area contributed by atoms with Crippen LogP contribution in [0, 0.1) is 5.92 Å². The molecule has 1 atom stereocenters. The monoisotopic (exact) mass is 335 g/mol. The van der Waals surface area contributed by atoms with Gasteiger partial charge in [0.2, 0.25) is 5.91 Å². The van der Waals surface area contributed by atoms with Gasteiger partial charge in [-0.2, -0.15) is 5.10 Å². The minimum Gasteiger partial charge on any atom is -0.464 e. The summed E-state index contributed by atoms with van der Waals surface area (Å²) in [5, 5.41) is 7.52. The molecule has 1 aliphatic rings. The second-order valence-electron chi connectivity index (χ2n) is 6.89. The number of amides is 1. The zero-order chi connectivity index (χ0) is 17.4. The van der Waals surface area contributed by atoms with Gasteiger partial charge < -0.3 is 9.73 Å². The van der Waals surface area contributed by atoms with Crippen LogP contribution in [0.1, 0.15) is 37.3 Å². The minimum atomic E-state index is -0.0223. The number of rotatable bonds is 4. The summed E-state index contributed by atoms with van der Waals surface area (Å²) in [5.41, 5.74) is 3.19. The SMILES string of the molecule is CC(C)Cn1ncc2c1NC(=O)CC2c1ccccc1-c1ccco1. The van der Waals surface area contributed by atoms with Crippen LogP contribution in [0.2, 0.25) is 0 Å². The van der Waals surface area contributed by atoms with Crippen LogP contribution in [0.5, 0.6) is 0 Å². The molecule has 1 N–H and O–H groups in total. The van der Waals surface area contributed by atoms with E-state index in [1.807, 2.05) is 41.2 Å². The first-order valence-electron chi connectivity index (χ1n) is 8.62. The highest BCUT2D eigenvalue weighted by Crippen LogP contribution is 2.41. The number of benzene rings is 1. The molecule has 5 heteroatoms. The molecule has 1 aromatic carbocycles. The third-order valence-electron chi connectivity index (χ3n) is 4.55. The van der Waals surface area contributed by atoms with Crippen LogP contribution in [-0.2, 0) is 11.3 Å². The van der Waals surface area contributed by atoms with Crippen molar-refractivity contribution in [2.24, 2.45) is 5.92 Å². The van der Waals surface area contributed by atoms with Gasteiger partial charge in [-0.1, -0.05) is 38.1 Å². The molecule has 4 rings (SSSR count). The van der Waals surface area contributed by atoms with E-state index < -0.39 is 0 Å². The van der Waals surface area contributed by atoms with Gasteiger partial charge in [-0.15, -0.1) is 0 Å². The summed E-state index contributed by atoms with van der Waals surface area (Å²) in [7, 11) is 0. The zero-order valence-corrected chi connectivity index (χ0v) is 14.4. The summed E-state index contributed by atoms with van der Waals surface area (Å²) in [5.74, 6) is 2.10. The molecule has 25 heavy (non-hydrogen) atoms. The van der Waals surface area contributed by atoms with Crippen molar-refractivity contribution in [1.82, 2.24) is 9.78 Å². The third kappa shape index (κ3) is 2.86. The Labute approximate surface area is 146 Å². The van der Waals surface area contributed by atoms with Gasteiger partial charge in [-0.25, -0.2) is 4.68 Å². The van der Waals surface area contributed by atoms with Gasteiger partial charge >= 0.3 is 0 Å². The smallest absolute Gasteiger partial charge is 0.226 e. The number of nitrogens with one attached hydrogen (secondary N) is 1. The topological polar surface area (TPSA) is 60.1 Å². The maximum absolute atomic E-state index is 12.4. The van der Waals surface area contributed by atoms with Gasteiger partial charge in [-0.3, -0.25) is 4.79 Å². The van der Waals surface area contributed by atoms with E-state index >= 15 is 0 Å². The quantitative estimate of drug-likeness (QED) is 0.774.